The molecule has 4 nitrogen and oxygen atoms in total. The summed E-state index contributed by atoms with van der Waals surface area (Å²) in [6, 6.07) is 0. The van der Waals surface area contributed by atoms with Crippen molar-refractivity contribution in [2.75, 3.05) is 18.1 Å². The molecular weight excluding hydrogens is 216 g/mol. The van der Waals surface area contributed by atoms with Crippen molar-refractivity contribution >= 4 is 9.84 Å². The Balaban J connectivity index is 2.24. The second-order valence-corrected chi connectivity index (χ2v) is 6.77. The van der Waals surface area contributed by atoms with E-state index in [1.807, 2.05) is 13.8 Å². The fourth-order valence-corrected chi connectivity index (χ4v) is 3.69. The van der Waals surface area contributed by atoms with Gasteiger partial charge in [-0.1, -0.05) is 0 Å². The number of rotatable bonds is 5. The van der Waals surface area contributed by atoms with Crippen LogP contribution in [-0.4, -0.2) is 43.8 Å². The average molecular weight is 236 g/mol. The highest BCUT2D eigenvalue weighted by Crippen LogP contribution is 2.23. The van der Waals surface area contributed by atoms with Crippen molar-refractivity contribution < 1.29 is 18.3 Å². The molecule has 1 fully saturated rings. The zero-order valence-electron chi connectivity index (χ0n) is 9.35. The third-order valence-electron chi connectivity index (χ3n) is 2.55. The second-order valence-electron chi connectivity index (χ2n) is 4.54. The van der Waals surface area contributed by atoms with Crippen molar-refractivity contribution in [2.45, 2.75) is 38.9 Å². The zero-order chi connectivity index (χ0) is 11.5. The second kappa shape index (κ2) is 5.27. The minimum absolute atomic E-state index is 0.104. The van der Waals surface area contributed by atoms with Gasteiger partial charge in [-0.25, -0.2) is 8.42 Å². The van der Waals surface area contributed by atoms with Crippen molar-refractivity contribution in [3.05, 3.63) is 0 Å². The summed E-state index contributed by atoms with van der Waals surface area (Å²) < 4.78 is 27.6. The molecule has 1 aliphatic rings. The van der Waals surface area contributed by atoms with E-state index in [1.165, 1.54) is 0 Å². The lowest BCUT2D eigenvalue weighted by molar-refractivity contribution is -0.00240. The molecule has 1 heterocycles. The number of hydrogen-bond acceptors (Lipinski definition) is 4. The largest absolute Gasteiger partial charge is 0.391 e. The van der Waals surface area contributed by atoms with Crippen molar-refractivity contribution in [3.63, 3.8) is 0 Å². The van der Waals surface area contributed by atoms with Gasteiger partial charge in [0, 0.05) is 0 Å². The number of aliphatic hydroxyl groups is 1. The van der Waals surface area contributed by atoms with Gasteiger partial charge in [0.2, 0.25) is 0 Å². The molecular formula is C10H20O4S. The molecule has 0 radical (unpaired) electrons. The van der Waals surface area contributed by atoms with Crippen LogP contribution in [0.3, 0.4) is 0 Å². The van der Waals surface area contributed by atoms with Crippen LogP contribution in [0.5, 0.6) is 0 Å². The highest BCUT2D eigenvalue weighted by Gasteiger charge is 2.29. The predicted molar refractivity (Wildman–Crippen MR) is 58.5 cm³/mol. The molecule has 90 valence electrons. The van der Waals surface area contributed by atoms with E-state index in [9.17, 15) is 13.5 Å². The maximum Gasteiger partial charge on any atom is 0.150 e. The molecule has 0 spiro atoms. The summed E-state index contributed by atoms with van der Waals surface area (Å²) in [5, 5.41) is 9.61. The quantitative estimate of drug-likeness (QED) is 0.759. The van der Waals surface area contributed by atoms with Crippen molar-refractivity contribution in [1.29, 1.82) is 0 Å². The number of ether oxygens (including phenoxy) is 1. The molecule has 2 unspecified atom stereocenters. The summed E-state index contributed by atoms with van der Waals surface area (Å²) in [5.74, 6) is 0.613. The maximum atomic E-state index is 11.2. The van der Waals surface area contributed by atoms with E-state index >= 15 is 0 Å². The summed E-state index contributed by atoms with van der Waals surface area (Å²) in [6.07, 6.45) is 0.783. The number of aliphatic hydroxyl groups excluding tert-OH is 1. The molecule has 0 amide bonds. The van der Waals surface area contributed by atoms with Gasteiger partial charge in [0.05, 0.1) is 30.3 Å². The smallest absolute Gasteiger partial charge is 0.150 e. The van der Waals surface area contributed by atoms with E-state index in [1.54, 1.807) is 0 Å². The minimum atomic E-state index is -2.82. The fourth-order valence-electron chi connectivity index (χ4n) is 1.81. The van der Waals surface area contributed by atoms with Crippen molar-refractivity contribution in [2.24, 2.45) is 5.92 Å². The first kappa shape index (κ1) is 12.9. The Morgan fingerprint density at radius 1 is 1.47 bits per heavy atom. The van der Waals surface area contributed by atoms with Gasteiger partial charge in [-0.2, -0.15) is 0 Å². The van der Waals surface area contributed by atoms with Crippen LogP contribution in [0.4, 0.5) is 0 Å². The van der Waals surface area contributed by atoms with Crippen LogP contribution in [-0.2, 0) is 14.6 Å². The van der Waals surface area contributed by atoms with Crippen molar-refractivity contribution in [3.8, 4) is 0 Å². The molecule has 15 heavy (non-hydrogen) atoms. The Kier molecular flexibility index (Phi) is 4.55. The van der Waals surface area contributed by atoms with Crippen LogP contribution >= 0.6 is 0 Å². The van der Waals surface area contributed by atoms with E-state index < -0.39 is 15.9 Å². The van der Waals surface area contributed by atoms with Crippen LogP contribution in [0, 0.1) is 5.92 Å². The first-order valence-corrected chi connectivity index (χ1v) is 7.21. The Morgan fingerprint density at radius 2 is 2.13 bits per heavy atom. The number of sulfone groups is 1. The monoisotopic (exact) mass is 236 g/mol. The Hall–Kier alpha value is -0.130. The van der Waals surface area contributed by atoms with E-state index in [0.29, 0.717) is 19.4 Å². The van der Waals surface area contributed by atoms with E-state index in [4.69, 9.17) is 4.74 Å². The van der Waals surface area contributed by atoms with Crippen LogP contribution in [0.25, 0.3) is 0 Å². The molecule has 2 atom stereocenters. The van der Waals surface area contributed by atoms with Gasteiger partial charge in [0.1, 0.15) is 0 Å². The first-order chi connectivity index (χ1) is 6.89. The Morgan fingerprint density at radius 3 is 2.60 bits per heavy atom. The molecule has 1 rings (SSSR count). The van der Waals surface area contributed by atoms with Crippen molar-refractivity contribution in [1.82, 2.24) is 0 Å². The van der Waals surface area contributed by atoms with Crippen LogP contribution in [0.2, 0.25) is 0 Å². The standard InChI is InChI=1S/C10H20O4S/c1-8(2)14-6-10(11)5-9-3-4-15(12,13)7-9/h8-11H,3-7H2,1-2H3. The highest BCUT2D eigenvalue weighted by molar-refractivity contribution is 7.91. The Bertz CT molecular complexity index is 284. The van der Waals surface area contributed by atoms with Gasteiger partial charge in [-0.15, -0.1) is 0 Å². The molecule has 5 heteroatoms. The maximum absolute atomic E-state index is 11.2. The van der Waals surface area contributed by atoms with E-state index in [-0.39, 0.29) is 23.5 Å². The normalized spacial score (nSPS) is 27.1. The van der Waals surface area contributed by atoms with Gasteiger partial charge in [0.25, 0.3) is 0 Å². The third-order valence-corrected chi connectivity index (χ3v) is 4.39. The first-order valence-electron chi connectivity index (χ1n) is 5.39. The molecule has 0 aliphatic carbocycles. The molecule has 1 N–H and O–H groups in total. The van der Waals surface area contributed by atoms with E-state index in [2.05, 4.69) is 0 Å². The van der Waals surface area contributed by atoms with Gasteiger partial charge >= 0.3 is 0 Å². The molecule has 1 aliphatic heterocycles. The van der Waals surface area contributed by atoms with Gasteiger partial charge in [0.15, 0.2) is 9.84 Å². The van der Waals surface area contributed by atoms with Crippen LogP contribution in [0.1, 0.15) is 26.7 Å². The van der Waals surface area contributed by atoms with Gasteiger partial charge in [-0.3, -0.25) is 0 Å². The topological polar surface area (TPSA) is 63.6 Å². The molecule has 0 bridgehead atoms. The summed E-state index contributed by atoms with van der Waals surface area (Å²) in [4.78, 5) is 0. The van der Waals surface area contributed by atoms with Gasteiger partial charge in [-0.05, 0) is 32.6 Å². The highest BCUT2D eigenvalue weighted by atomic mass is 32.2. The summed E-state index contributed by atoms with van der Waals surface area (Å²) >= 11 is 0. The summed E-state index contributed by atoms with van der Waals surface area (Å²) in [5.41, 5.74) is 0. The van der Waals surface area contributed by atoms with E-state index in [0.717, 1.165) is 0 Å². The zero-order valence-corrected chi connectivity index (χ0v) is 10.2. The lowest BCUT2D eigenvalue weighted by Crippen LogP contribution is -2.22. The lowest BCUT2D eigenvalue weighted by Gasteiger charge is -2.16. The molecule has 0 aromatic rings. The molecule has 0 aromatic carbocycles. The minimum Gasteiger partial charge on any atom is -0.391 e. The number of hydrogen-bond donors (Lipinski definition) is 1. The predicted octanol–water partition coefficient (Wildman–Crippen LogP) is 0.597. The summed E-state index contributed by atoms with van der Waals surface area (Å²) in [6.45, 7) is 4.12. The molecule has 0 aromatic heterocycles. The fraction of sp³-hybridized carbons (Fsp3) is 1.00. The Labute approximate surface area is 91.6 Å². The molecule has 0 saturated carbocycles. The van der Waals surface area contributed by atoms with Gasteiger partial charge < -0.3 is 9.84 Å². The van der Waals surface area contributed by atoms with Crippen LogP contribution < -0.4 is 0 Å². The molecule has 1 saturated heterocycles. The third kappa shape index (κ3) is 4.95. The summed E-state index contributed by atoms with van der Waals surface area (Å²) in [7, 11) is -2.82. The SMILES string of the molecule is CC(C)OCC(O)CC1CCS(=O)(=O)C1. The van der Waals surface area contributed by atoms with Crippen LogP contribution in [0.15, 0.2) is 0 Å². The average Bonchev–Trinajstić information content (AvgIpc) is 2.42. The lowest BCUT2D eigenvalue weighted by atomic mass is 10.0.